The molecule has 0 amide bonds. The highest BCUT2D eigenvalue weighted by atomic mass is 14.3. The van der Waals surface area contributed by atoms with Crippen LogP contribution in [0, 0.1) is 23.7 Å². The highest BCUT2D eigenvalue weighted by Crippen LogP contribution is 2.37. The third-order valence-electron chi connectivity index (χ3n) is 2.03. The molecule has 0 aromatic rings. The summed E-state index contributed by atoms with van der Waals surface area (Å²) in [5.74, 6) is 7.79. The van der Waals surface area contributed by atoms with E-state index in [0.29, 0.717) is 0 Å². The number of fused-ring (bicyclic) bond motifs is 1. The molecular formula is C8H8. The molecule has 0 spiro atoms. The molecule has 0 radical (unpaired) electrons. The summed E-state index contributed by atoms with van der Waals surface area (Å²) in [5.41, 5.74) is 1.40. The minimum Gasteiger partial charge on any atom is -0.0975 e. The fraction of sp³-hybridized carbons (Fsp3) is 0.500. The smallest absolute Gasteiger partial charge is 0.0173 e. The van der Waals surface area contributed by atoms with Gasteiger partial charge in [0.15, 0.2) is 0 Å². The highest BCUT2D eigenvalue weighted by molar-refractivity contribution is 5.44. The Bertz CT molecular complexity index is 200. The van der Waals surface area contributed by atoms with E-state index in [1.165, 1.54) is 5.57 Å². The second-order valence-corrected chi connectivity index (χ2v) is 2.59. The van der Waals surface area contributed by atoms with Gasteiger partial charge in [0.2, 0.25) is 0 Å². The Morgan fingerprint density at radius 1 is 1.75 bits per heavy atom. The van der Waals surface area contributed by atoms with Gasteiger partial charge >= 0.3 is 0 Å². The minimum absolute atomic E-state index is 0.799. The van der Waals surface area contributed by atoms with Crippen LogP contribution in [0.2, 0.25) is 0 Å². The monoisotopic (exact) mass is 104 g/mol. The number of rotatable bonds is 0. The van der Waals surface area contributed by atoms with Gasteiger partial charge in [-0.15, -0.1) is 0 Å². The number of allylic oxidation sites excluding steroid dienone is 2. The van der Waals surface area contributed by atoms with Crippen molar-refractivity contribution >= 4 is 0 Å². The van der Waals surface area contributed by atoms with Crippen LogP contribution in [-0.2, 0) is 0 Å². The summed E-state index contributed by atoms with van der Waals surface area (Å²) in [6, 6.07) is 0. The van der Waals surface area contributed by atoms with Gasteiger partial charge in [-0.2, -0.15) is 0 Å². The molecule has 0 aliphatic heterocycles. The van der Waals surface area contributed by atoms with Crippen LogP contribution in [0.4, 0.5) is 0 Å². The van der Waals surface area contributed by atoms with E-state index in [1.54, 1.807) is 0 Å². The third kappa shape index (κ3) is 0.327. The average Bonchev–Trinajstić information content (AvgIpc) is 2.09. The van der Waals surface area contributed by atoms with Gasteiger partial charge in [0, 0.05) is 17.9 Å². The van der Waals surface area contributed by atoms with Gasteiger partial charge in [0.05, 0.1) is 0 Å². The van der Waals surface area contributed by atoms with E-state index in [2.05, 4.69) is 24.8 Å². The molecule has 0 heteroatoms. The molecule has 0 fully saturated rings. The zero-order valence-electron chi connectivity index (χ0n) is 4.94. The molecule has 2 aliphatic carbocycles. The van der Waals surface area contributed by atoms with E-state index in [0.717, 1.165) is 18.3 Å². The Kier molecular flexibility index (Phi) is 0.615. The number of hydrogen-bond acceptors (Lipinski definition) is 0. The van der Waals surface area contributed by atoms with Crippen LogP contribution in [0.25, 0.3) is 0 Å². The summed E-state index contributed by atoms with van der Waals surface area (Å²) in [6.45, 7) is 2.25. The largest absolute Gasteiger partial charge is 0.0975 e. The molecule has 2 atom stereocenters. The molecule has 0 nitrogen and oxygen atoms in total. The van der Waals surface area contributed by atoms with Gasteiger partial charge < -0.3 is 0 Å². The van der Waals surface area contributed by atoms with Gasteiger partial charge in [-0.05, 0) is 5.92 Å². The quantitative estimate of drug-likeness (QED) is 0.409. The van der Waals surface area contributed by atoms with Gasteiger partial charge in [0.1, 0.15) is 0 Å². The lowest BCUT2D eigenvalue weighted by Crippen LogP contribution is -2.18. The molecule has 0 aromatic carbocycles. The lowest BCUT2D eigenvalue weighted by atomic mass is 9.77. The maximum absolute atomic E-state index is 3.10. The normalized spacial score (nSPS) is 38.9. The lowest BCUT2D eigenvalue weighted by Gasteiger charge is -2.25. The van der Waals surface area contributed by atoms with Crippen LogP contribution in [0.5, 0.6) is 0 Å². The number of hydrogen-bond donors (Lipinski definition) is 0. The molecule has 8 heavy (non-hydrogen) atoms. The summed E-state index contributed by atoms with van der Waals surface area (Å²) in [5, 5.41) is 0. The molecule has 0 saturated heterocycles. The van der Waals surface area contributed by atoms with Crippen molar-refractivity contribution in [2.24, 2.45) is 11.8 Å². The average molecular weight is 104 g/mol. The fourth-order valence-corrected chi connectivity index (χ4v) is 1.38. The second kappa shape index (κ2) is 1.17. The maximum Gasteiger partial charge on any atom is 0.0173 e. The zero-order chi connectivity index (χ0) is 5.56. The van der Waals surface area contributed by atoms with Crippen molar-refractivity contribution in [3.8, 4) is 11.8 Å². The maximum atomic E-state index is 3.10. The summed E-state index contributed by atoms with van der Waals surface area (Å²) < 4.78 is 0. The predicted octanol–water partition coefficient (Wildman–Crippen LogP) is 1.59. The summed E-state index contributed by atoms with van der Waals surface area (Å²) in [7, 11) is 0. The SMILES string of the molecule is CC1C=C2C#CC[C@H]21. The highest BCUT2D eigenvalue weighted by Gasteiger charge is 2.29. The van der Waals surface area contributed by atoms with E-state index >= 15 is 0 Å². The first-order chi connectivity index (χ1) is 3.88. The lowest BCUT2D eigenvalue weighted by molar-refractivity contribution is 0.459. The molecule has 0 aromatic heterocycles. The Balaban J connectivity index is 2.33. The van der Waals surface area contributed by atoms with Crippen LogP contribution >= 0.6 is 0 Å². The van der Waals surface area contributed by atoms with Crippen LogP contribution in [0.1, 0.15) is 13.3 Å². The van der Waals surface area contributed by atoms with Crippen molar-refractivity contribution < 1.29 is 0 Å². The van der Waals surface area contributed by atoms with E-state index in [-0.39, 0.29) is 0 Å². The van der Waals surface area contributed by atoms with E-state index in [1.807, 2.05) is 0 Å². The Morgan fingerprint density at radius 3 is 3.12 bits per heavy atom. The van der Waals surface area contributed by atoms with Crippen molar-refractivity contribution in [1.82, 2.24) is 0 Å². The van der Waals surface area contributed by atoms with Crippen molar-refractivity contribution in [3.63, 3.8) is 0 Å². The second-order valence-electron chi connectivity index (χ2n) is 2.59. The van der Waals surface area contributed by atoms with Gasteiger partial charge in [0.25, 0.3) is 0 Å². The van der Waals surface area contributed by atoms with Crippen molar-refractivity contribution in [3.05, 3.63) is 11.6 Å². The van der Waals surface area contributed by atoms with Crippen LogP contribution in [0.15, 0.2) is 11.6 Å². The Hall–Kier alpha value is -0.700. The van der Waals surface area contributed by atoms with Crippen LogP contribution < -0.4 is 0 Å². The van der Waals surface area contributed by atoms with E-state index in [4.69, 9.17) is 0 Å². The zero-order valence-corrected chi connectivity index (χ0v) is 4.94. The standard InChI is InChI=1S/C8H8/c1-6-5-7-3-2-4-8(6)7/h5-6,8H,4H2,1H3/t6?,8-/m0/s1. The first kappa shape index (κ1) is 4.21. The summed E-state index contributed by atoms with van der Waals surface area (Å²) in [4.78, 5) is 0. The molecular weight excluding hydrogens is 96.1 g/mol. The molecule has 0 heterocycles. The minimum atomic E-state index is 0.799. The fourth-order valence-electron chi connectivity index (χ4n) is 1.38. The third-order valence-corrected chi connectivity index (χ3v) is 2.03. The molecule has 0 N–H and O–H groups in total. The molecule has 2 aliphatic rings. The molecule has 0 saturated carbocycles. The topological polar surface area (TPSA) is 0 Å². The Labute approximate surface area is 49.6 Å². The first-order valence-electron chi connectivity index (χ1n) is 3.08. The molecule has 1 unspecified atom stereocenters. The predicted molar refractivity (Wildman–Crippen MR) is 33.1 cm³/mol. The van der Waals surface area contributed by atoms with Crippen molar-refractivity contribution in [2.75, 3.05) is 0 Å². The van der Waals surface area contributed by atoms with Gasteiger partial charge in [-0.25, -0.2) is 0 Å². The molecule has 40 valence electrons. The first-order valence-corrected chi connectivity index (χ1v) is 3.08. The van der Waals surface area contributed by atoms with Crippen molar-refractivity contribution in [2.45, 2.75) is 13.3 Å². The van der Waals surface area contributed by atoms with E-state index < -0.39 is 0 Å². The van der Waals surface area contributed by atoms with E-state index in [9.17, 15) is 0 Å². The van der Waals surface area contributed by atoms with Gasteiger partial charge in [-0.1, -0.05) is 24.8 Å². The summed E-state index contributed by atoms with van der Waals surface area (Å²) >= 11 is 0. The summed E-state index contributed by atoms with van der Waals surface area (Å²) in [6.07, 6.45) is 3.39. The molecule has 2 rings (SSSR count). The van der Waals surface area contributed by atoms with Crippen molar-refractivity contribution in [1.29, 1.82) is 0 Å². The molecule has 0 bridgehead atoms. The van der Waals surface area contributed by atoms with Crippen LogP contribution in [0.3, 0.4) is 0 Å². The Morgan fingerprint density at radius 2 is 2.62 bits per heavy atom. The van der Waals surface area contributed by atoms with Gasteiger partial charge in [-0.3, -0.25) is 0 Å². The van der Waals surface area contributed by atoms with Crippen LogP contribution in [-0.4, -0.2) is 0 Å².